The lowest BCUT2D eigenvalue weighted by Gasteiger charge is -2.29. The third-order valence-corrected chi connectivity index (χ3v) is 6.05. The maximum absolute atomic E-state index is 13.2. The average molecular weight is 420 g/mol. The number of carbonyl (C=O) groups excluding carboxylic acids is 1. The molecule has 2 aromatic carbocycles. The highest BCUT2D eigenvalue weighted by molar-refractivity contribution is 7.87. The van der Waals surface area contributed by atoms with Crippen molar-refractivity contribution >= 4 is 16.0 Å². The van der Waals surface area contributed by atoms with Gasteiger partial charge in [-0.2, -0.15) is 8.42 Å². The minimum atomic E-state index is -3.70. The zero-order valence-corrected chi connectivity index (χ0v) is 18.5. The van der Waals surface area contributed by atoms with Gasteiger partial charge >= 0.3 is 10.1 Å². The molecule has 2 aromatic rings. The summed E-state index contributed by atoms with van der Waals surface area (Å²) >= 11 is 0. The van der Waals surface area contributed by atoms with Gasteiger partial charge in [0.05, 0.1) is 12.9 Å². The zero-order chi connectivity index (χ0) is 21.6. The Kier molecular flexibility index (Phi) is 7.67. The number of amides is 1. The Balaban J connectivity index is 2.39. The number of rotatable bonds is 9. The van der Waals surface area contributed by atoms with E-state index in [1.165, 1.54) is 14.0 Å². The molecule has 0 N–H and O–H groups in total. The number of carbonyl (C=O) groups is 1. The predicted molar refractivity (Wildman–Crippen MR) is 114 cm³/mol. The molecule has 158 valence electrons. The van der Waals surface area contributed by atoms with E-state index in [9.17, 15) is 13.2 Å². The number of methoxy groups -OCH3 is 1. The van der Waals surface area contributed by atoms with Crippen molar-refractivity contribution in [3.8, 4) is 11.5 Å². The average Bonchev–Trinajstić information content (AvgIpc) is 2.71. The van der Waals surface area contributed by atoms with Gasteiger partial charge in [-0.05, 0) is 56.5 Å². The SMILES string of the molecule is CC[C@H](C)N(Cc1ccc(OC)c(OS(=O)(=O)CC)c1)C(=O)c1ccccc1C. The van der Waals surface area contributed by atoms with Crippen molar-refractivity contribution < 1.29 is 22.1 Å². The smallest absolute Gasteiger partial charge is 0.309 e. The molecule has 0 radical (unpaired) electrons. The summed E-state index contributed by atoms with van der Waals surface area (Å²) in [4.78, 5) is 15.0. The lowest BCUT2D eigenvalue weighted by Crippen LogP contribution is -2.38. The summed E-state index contributed by atoms with van der Waals surface area (Å²) in [5.41, 5.74) is 2.33. The summed E-state index contributed by atoms with van der Waals surface area (Å²) < 4.78 is 34.2. The molecular weight excluding hydrogens is 390 g/mol. The summed E-state index contributed by atoms with van der Waals surface area (Å²) in [7, 11) is -2.24. The fraction of sp³-hybridized carbons (Fsp3) is 0.409. The van der Waals surface area contributed by atoms with E-state index in [1.807, 2.05) is 51.1 Å². The first-order valence-corrected chi connectivity index (χ1v) is 11.3. The van der Waals surface area contributed by atoms with Crippen LogP contribution in [0.5, 0.6) is 11.5 Å². The molecule has 0 heterocycles. The van der Waals surface area contributed by atoms with Gasteiger partial charge in [0.1, 0.15) is 0 Å². The Morgan fingerprint density at radius 1 is 1.10 bits per heavy atom. The van der Waals surface area contributed by atoms with Crippen LogP contribution in [0.25, 0.3) is 0 Å². The van der Waals surface area contributed by atoms with Gasteiger partial charge < -0.3 is 13.8 Å². The van der Waals surface area contributed by atoms with E-state index in [-0.39, 0.29) is 23.5 Å². The van der Waals surface area contributed by atoms with E-state index in [1.54, 1.807) is 17.0 Å². The van der Waals surface area contributed by atoms with Gasteiger partial charge in [-0.1, -0.05) is 31.2 Å². The molecule has 1 amide bonds. The lowest BCUT2D eigenvalue weighted by atomic mass is 10.0. The first-order valence-electron chi connectivity index (χ1n) is 9.68. The second-order valence-corrected chi connectivity index (χ2v) is 8.78. The maximum Gasteiger partial charge on any atom is 0.309 e. The van der Waals surface area contributed by atoms with Crippen LogP contribution >= 0.6 is 0 Å². The first-order chi connectivity index (χ1) is 13.7. The molecule has 1 atom stereocenters. The van der Waals surface area contributed by atoms with Gasteiger partial charge in [-0.3, -0.25) is 4.79 Å². The Hall–Kier alpha value is -2.54. The Morgan fingerprint density at radius 2 is 1.79 bits per heavy atom. The second-order valence-electron chi connectivity index (χ2n) is 6.92. The van der Waals surface area contributed by atoms with Crippen molar-refractivity contribution in [3.63, 3.8) is 0 Å². The van der Waals surface area contributed by atoms with Crippen molar-refractivity contribution in [1.29, 1.82) is 0 Å². The molecular formula is C22H29NO5S. The third-order valence-electron chi connectivity index (χ3n) is 4.91. The molecule has 0 bridgehead atoms. The van der Waals surface area contributed by atoms with Gasteiger partial charge in [-0.25, -0.2) is 0 Å². The van der Waals surface area contributed by atoms with Gasteiger partial charge in [0.25, 0.3) is 5.91 Å². The number of ether oxygens (including phenoxy) is 1. The van der Waals surface area contributed by atoms with E-state index in [2.05, 4.69) is 0 Å². The van der Waals surface area contributed by atoms with Crippen LogP contribution in [0.3, 0.4) is 0 Å². The topological polar surface area (TPSA) is 72.9 Å². The van der Waals surface area contributed by atoms with Gasteiger partial charge in [0, 0.05) is 18.2 Å². The highest BCUT2D eigenvalue weighted by Crippen LogP contribution is 2.30. The van der Waals surface area contributed by atoms with Crippen molar-refractivity contribution in [3.05, 3.63) is 59.2 Å². The van der Waals surface area contributed by atoms with Gasteiger partial charge in [0.2, 0.25) is 0 Å². The lowest BCUT2D eigenvalue weighted by molar-refractivity contribution is 0.0670. The molecule has 0 aliphatic carbocycles. The molecule has 0 aliphatic rings. The van der Waals surface area contributed by atoms with Crippen LogP contribution in [-0.2, 0) is 16.7 Å². The van der Waals surface area contributed by atoms with E-state index in [4.69, 9.17) is 8.92 Å². The van der Waals surface area contributed by atoms with Crippen LogP contribution < -0.4 is 8.92 Å². The van der Waals surface area contributed by atoms with Crippen LogP contribution in [-0.4, -0.2) is 38.1 Å². The molecule has 0 saturated carbocycles. The van der Waals surface area contributed by atoms with Crippen LogP contribution in [0.15, 0.2) is 42.5 Å². The summed E-state index contributed by atoms with van der Waals surface area (Å²) in [6.45, 7) is 7.78. The summed E-state index contributed by atoms with van der Waals surface area (Å²) in [6, 6.07) is 12.6. The number of nitrogens with zero attached hydrogens (tertiary/aromatic N) is 1. The molecule has 0 spiro atoms. The van der Waals surface area contributed by atoms with Crippen molar-refractivity contribution in [2.45, 2.75) is 46.7 Å². The van der Waals surface area contributed by atoms with E-state index >= 15 is 0 Å². The quantitative estimate of drug-likeness (QED) is 0.570. The van der Waals surface area contributed by atoms with Crippen LogP contribution in [0, 0.1) is 6.92 Å². The second kappa shape index (κ2) is 9.78. The molecule has 0 aliphatic heterocycles. The third kappa shape index (κ3) is 5.73. The van der Waals surface area contributed by atoms with Gasteiger partial charge in [0.15, 0.2) is 11.5 Å². The Bertz CT molecular complexity index is 955. The number of benzene rings is 2. The highest BCUT2D eigenvalue weighted by atomic mass is 32.2. The molecule has 0 saturated heterocycles. The molecule has 6 nitrogen and oxygen atoms in total. The molecule has 7 heteroatoms. The van der Waals surface area contributed by atoms with Crippen molar-refractivity contribution in [1.82, 2.24) is 4.90 Å². The summed E-state index contributed by atoms with van der Waals surface area (Å²) in [5, 5.41) is 0. The number of hydrogen-bond acceptors (Lipinski definition) is 5. The highest BCUT2D eigenvalue weighted by Gasteiger charge is 2.23. The Morgan fingerprint density at radius 3 is 2.38 bits per heavy atom. The predicted octanol–water partition coefficient (Wildman–Crippen LogP) is 4.17. The van der Waals surface area contributed by atoms with Crippen LogP contribution in [0.4, 0.5) is 0 Å². The summed E-state index contributed by atoms with van der Waals surface area (Å²) in [5.74, 6) is 0.243. The molecule has 0 fully saturated rings. The van der Waals surface area contributed by atoms with Crippen molar-refractivity contribution in [2.24, 2.45) is 0 Å². The molecule has 0 aromatic heterocycles. The largest absolute Gasteiger partial charge is 0.493 e. The van der Waals surface area contributed by atoms with E-state index < -0.39 is 10.1 Å². The minimum Gasteiger partial charge on any atom is -0.493 e. The minimum absolute atomic E-state index is 0.00736. The van der Waals surface area contributed by atoms with Gasteiger partial charge in [-0.15, -0.1) is 0 Å². The Labute approximate surface area is 173 Å². The number of aryl methyl sites for hydroxylation is 1. The van der Waals surface area contributed by atoms with Crippen molar-refractivity contribution in [2.75, 3.05) is 12.9 Å². The maximum atomic E-state index is 13.2. The monoisotopic (exact) mass is 419 g/mol. The molecule has 2 rings (SSSR count). The molecule has 29 heavy (non-hydrogen) atoms. The van der Waals surface area contributed by atoms with Crippen LogP contribution in [0.1, 0.15) is 48.7 Å². The van der Waals surface area contributed by atoms with E-state index in [0.717, 1.165) is 17.5 Å². The fourth-order valence-electron chi connectivity index (χ4n) is 2.89. The standard InChI is InChI=1S/C22H29NO5S/c1-6-17(4)23(22(24)19-11-9-8-10-16(19)3)15-18-12-13-20(27-5)21(14-18)28-29(25,26)7-2/h8-14,17H,6-7,15H2,1-5H3/t17-/m0/s1. The zero-order valence-electron chi connectivity index (χ0n) is 17.6. The fourth-order valence-corrected chi connectivity index (χ4v) is 3.41. The van der Waals surface area contributed by atoms with E-state index in [0.29, 0.717) is 17.9 Å². The first kappa shape index (κ1) is 22.7. The van der Waals surface area contributed by atoms with Crippen LogP contribution in [0.2, 0.25) is 0 Å². The summed E-state index contributed by atoms with van der Waals surface area (Å²) in [6.07, 6.45) is 0.793. The molecule has 0 unspecified atom stereocenters. The normalized spacial score (nSPS) is 12.3. The number of hydrogen-bond donors (Lipinski definition) is 0.